The zero-order valence-electron chi connectivity index (χ0n) is 12.4. The maximum absolute atomic E-state index is 12.3. The van der Waals surface area contributed by atoms with Gasteiger partial charge in [-0.3, -0.25) is 9.59 Å². The molecule has 0 saturated carbocycles. The Morgan fingerprint density at radius 1 is 1.38 bits per heavy atom. The lowest BCUT2D eigenvalue weighted by Gasteiger charge is -2.31. The number of carbonyl (C=O) groups excluding carboxylic acids is 2. The predicted molar refractivity (Wildman–Crippen MR) is 83.6 cm³/mol. The topological polar surface area (TPSA) is 61.4 Å². The third-order valence-corrected chi connectivity index (χ3v) is 4.04. The molecule has 2 rings (SSSR count). The average molecular weight is 310 g/mol. The summed E-state index contributed by atoms with van der Waals surface area (Å²) in [6.45, 7) is 3.61. The van der Waals surface area contributed by atoms with Crippen LogP contribution in [-0.2, 0) is 4.79 Å². The van der Waals surface area contributed by atoms with E-state index in [0.29, 0.717) is 22.2 Å². The lowest BCUT2D eigenvalue weighted by molar-refractivity contribution is -0.121. The van der Waals surface area contributed by atoms with Gasteiger partial charge in [-0.2, -0.15) is 0 Å². The van der Waals surface area contributed by atoms with Gasteiger partial charge in [0.15, 0.2) is 0 Å². The summed E-state index contributed by atoms with van der Waals surface area (Å²) < 4.78 is 0. The zero-order chi connectivity index (χ0) is 15.6. The fraction of sp³-hybridized carbons (Fsp3) is 0.467. The number of rotatable bonds is 4. The molecule has 0 spiro atoms. The minimum Gasteiger partial charge on any atom is -0.345 e. The lowest BCUT2D eigenvalue weighted by Crippen LogP contribution is -2.48. The summed E-state index contributed by atoms with van der Waals surface area (Å²) >= 11 is 5.98. The number of hydrogen-bond acceptors (Lipinski definition) is 3. The molecule has 1 saturated heterocycles. The second-order valence-electron chi connectivity index (χ2n) is 5.59. The minimum absolute atomic E-state index is 0.0865. The molecular weight excluding hydrogens is 290 g/mol. The Hall–Kier alpha value is -1.59. The Morgan fingerprint density at radius 2 is 2.05 bits per heavy atom. The highest BCUT2D eigenvalue weighted by Crippen LogP contribution is 2.24. The predicted octanol–water partition coefficient (Wildman–Crippen LogP) is 1.84. The number of nitrogens with zero attached hydrogens (tertiary/aromatic N) is 1. The molecule has 21 heavy (non-hydrogen) atoms. The maximum Gasteiger partial charge on any atom is 0.255 e. The molecule has 0 radical (unpaired) electrons. The van der Waals surface area contributed by atoms with Crippen LogP contribution in [0.3, 0.4) is 0 Å². The van der Waals surface area contributed by atoms with E-state index < -0.39 is 0 Å². The first kappa shape index (κ1) is 15.8. The molecule has 1 aliphatic rings. The number of benzene rings is 1. The van der Waals surface area contributed by atoms with Gasteiger partial charge in [0.25, 0.3) is 5.91 Å². The van der Waals surface area contributed by atoms with E-state index in [0.717, 1.165) is 13.1 Å². The third-order valence-electron chi connectivity index (χ3n) is 3.81. The molecular formula is C15H20ClN3O2. The Kier molecular flexibility index (Phi) is 4.85. The summed E-state index contributed by atoms with van der Waals surface area (Å²) in [5.41, 5.74) is 0.905. The first-order valence-electron chi connectivity index (χ1n) is 6.93. The van der Waals surface area contributed by atoms with Crippen LogP contribution in [0.1, 0.15) is 17.3 Å². The quantitative estimate of drug-likeness (QED) is 0.892. The van der Waals surface area contributed by atoms with Crippen LogP contribution in [0.4, 0.5) is 5.69 Å². The van der Waals surface area contributed by atoms with Gasteiger partial charge >= 0.3 is 0 Å². The van der Waals surface area contributed by atoms with Gasteiger partial charge in [-0.05, 0) is 37.2 Å². The maximum atomic E-state index is 12.3. The molecule has 1 heterocycles. The second kappa shape index (κ2) is 6.45. The van der Waals surface area contributed by atoms with E-state index in [1.54, 1.807) is 32.3 Å². The van der Waals surface area contributed by atoms with E-state index in [1.807, 2.05) is 6.92 Å². The van der Waals surface area contributed by atoms with Gasteiger partial charge in [0.2, 0.25) is 5.91 Å². The summed E-state index contributed by atoms with van der Waals surface area (Å²) in [5, 5.41) is 6.47. The van der Waals surface area contributed by atoms with Crippen LogP contribution in [0.15, 0.2) is 18.2 Å². The number of hydrogen-bond donors (Lipinski definition) is 2. The van der Waals surface area contributed by atoms with Crippen LogP contribution in [-0.4, -0.2) is 43.9 Å². The molecule has 2 N–H and O–H groups in total. The van der Waals surface area contributed by atoms with Gasteiger partial charge in [-0.15, -0.1) is 0 Å². The van der Waals surface area contributed by atoms with Crippen LogP contribution in [0, 0.1) is 11.8 Å². The van der Waals surface area contributed by atoms with E-state index in [2.05, 4.69) is 10.6 Å². The highest BCUT2D eigenvalue weighted by molar-refractivity contribution is 6.31. The zero-order valence-corrected chi connectivity index (χ0v) is 13.2. The summed E-state index contributed by atoms with van der Waals surface area (Å²) in [4.78, 5) is 25.9. The number of nitrogens with one attached hydrogen (secondary N) is 2. The van der Waals surface area contributed by atoms with Crippen molar-refractivity contribution in [1.29, 1.82) is 0 Å². The largest absolute Gasteiger partial charge is 0.345 e. The Balaban J connectivity index is 2.19. The van der Waals surface area contributed by atoms with Gasteiger partial charge < -0.3 is 15.5 Å². The van der Waals surface area contributed by atoms with Crippen molar-refractivity contribution in [3.63, 3.8) is 0 Å². The molecule has 114 valence electrons. The van der Waals surface area contributed by atoms with E-state index in [4.69, 9.17) is 11.6 Å². The normalized spacial score (nSPS) is 16.0. The van der Waals surface area contributed by atoms with Crippen molar-refractivity contribution < 1.29 is 9.59 Å². The summed E-state index contributed by atoms with van der Waals surface area (Å²) in [6.07, 6.45) is 0. The lowest BCUT2D eigenvalue weighted by atomic mass is 9.88. The Labute approximate surface area is 129 Å². The fourth-order valence-corrected chi connectivity index (χ4v) is 2.34. The molecule has 5 nitrogen and oxygen atoms in total. The Bertz CT molecular complexity index is 556. The third kappa shape index (κ3) is 3.54. The van der Waals surface area contributed by atoms with Crippen molar-refractivity contribution >= 4 is 29.1 Å². The van der Waals surface area contributed by atoms with Crippen molar-refractivity contribution in [3.05, 3.63) is 28.8 Å². The molecule has 1 aromatic carbocycles. The van der Waals surface area contributed by atoms with E-state index in [-0.39, 0.29) is 17.7 Å². The molecule has 0 bridgehead atoms. The smallest absolute Gasteiger partial charge is 0.255 e. The van der Waals surface area contributed by atoms with Crippen molar-refractivity contribution in [2.45, 2.75) is 6.92 Å². The molecule has 1 unspecified atom stereocenters. The molecule has 0 aliphatic carbocycles. The molecule has 0 aromatic heterocycles. The standard InChI is InChI=1S/C15H20ClN3O2/c1-9(10-7-17-8-10)14(20)18-13-6-11(16)4-5-12(13)15(21)19(2)3/h4-6,9-10,17H,7-8H2,1-3H3,(H,18,20). The van der Waals surface area contributed by atoms with Crippen molar-refractivity contribution in [2.24, 2.45) is 11.8 Å². The summed E-state index contributed by atoms with van der Waals surface area (Å²) in [7, 11) is 3.34. The first-order valence-corrected chi connectivity index (χ1v) is 7.30. The molecule has 1 aliphatic heterocycles. The first-order chi connectivity index (χ1) is 9.90. The van der Waals surface area contributed by atoms with Crippen molar-refractivity contribution in [3.8, 4) is 0 Å². The van der Waals surface area contributed by atoms with Crippen molar-refractivity contribution in [1.82, 2.24) is 10.2 Å². The average Bonchev–Trinajstić information content (AvgIpc) is 2.35. The number of amides is 2. The highest BCUT2D eigenvalue weighted by Gasteiger charge is 2.29. The fourth-order valence-electron chi connectivity index (χ4n) is 2.17. The number of halogens is 1. The minimum atomic E-state index is -0.167. The number of carbonyl (C=O) groups is 2. The molecule has 1 fully saturated rings. The molecule has 1 aromatic rings. The monoisotopic (exact) mass is 309 g/mol. The van der Waals surface area contributed by atoms with E-state index in [9.17, 15) is 9.59 Å². The molecule has 2 amide bonds. The van der Waals surface area contributed by atoms with Crippen LogP contribution in [0.5, 0.6) is 0 Å². The van der Waals surface area contributed by atoms with E-state index in [1.165, 1.54) is 4.90 Å². The van der Waals surface area contributed by atoms with Gasteiger partial charge in [-0.25, -0.2) is 0 Å². The van der Waals surface area contributed by atoms with Crippen molar-refractivity contribution in [2.75, 3.05) is 32.5 Å². The SMILES string of the molecule is CC(C(=O)Nc1cc(Cl)ccc1C(=O)N(C)C)C1CNC1. The summed E-state index contributed by atoms with van der Waals surface area (Å²) in [5.74, 6) is -0.0128. The highest BCUT2D eigenvalue weighted by atomic mass is 35.5. The van der Waals surface area contributed by atoms with E-state index >= 15 is 0 Å². The molecule has 1 atom stereocenters. The van der Waals surface area contributed by atoms with Crippen LogP contribution in [0.25, 0.3) is 0 Å². The van der Waals surface area contributed by atoms with Gasteiger partial charge in [0.1, 0.15) is 0 Å². The summed E-state index contributed by atoms with van der Waals surface area (Å²) in [6, 6.07) is 4.89. The Morgan fingerprint density at radius 3 is 2.57 bits per heavy atom. The van der Waals surface area contributed by atoms with Gasteiger partial charge in [0.05, 0.1) is 11.3 Å². The number of anilines is 1. The van der Waals surface area contributed by atoms with Crippen LogP contribution in [0.2, 0.25) is 5.02 Å². The van der Waals surface area contributed by atoms with Crippen LogP contribution < -0.4 is 10.6 Å². The van der Waals surface area contributed by atoms with Gasteiger partial charge in [-0.1, -0.05) is 18.5 Å². The van der Waals surface area contributed by atoms with Gasteiger partial charge in [0, 0.05) is 25.0 Å². The molecule has 6 heteroatoms. The second-order valence-corrected chi connectivity index (χ2v) is 6.02. The van der Waals surface area contributed by atoms with Crippen LogP contribution >= 0.6 is 11.6 Å².